The smallest absolute Gasteiger partial charge is 0.337 e. The third-order valence-corrected chi connectivity index (χ3v) is 4.45. The van der Waals surface area contributed by atoms with Crippen LogP contribution in [-0.2, 0) is 35.2 Å². The van der Waals surface area contributed by atoms with Crippen LogP contribution in [0.25, 0.3) is 0 Å². The molecule has 1 aliphatic rings. The predicted molar refractivity (Wildman–Crippen MR) is 106 cm³/mol. The molecule has 0 unspecified atom stereocenters. The first kappa shape index (κ1) is 22.2. The van der Waals surface area contributed by atoms with Gasteiger partial charge in [0.1, 0.15) is 12.5 Å². The van der Waals surface area contributed by atoms with E-state index in [9.17, 15) is 14.4 Å². The first-order valence-corrected chi connectivity index (χ1v) is 9.55. The quantitative estimate of drug-likeness (QED) is 0.555. The number of benzene rings is 1. The molecule has 1 aromatic rings. The van der Waals surface area contributed by atoms with E-state index < -0.39 is 23.8 Å². The maximum absolute atomic E-state index is 13.1. The van der Waals surface area contributed by atoms with Crippen LogP contribution >= 0.6 is 0 Å². The fourth-order valence-corrected chi connectivity index (χ4v) is 3.23. The van der Waals surface area contributed by atoms with E-state index in [1.807, 2.05) is 31.2 Å². The zero-order valence-electron chi connectivity index (χ0n) is 17.5. The molecule has 29 heavy (non-hydrogen) atoms. The molecular formula is C22H27NO6. The van der Waals surface area contributed by atoms with Crippen molar-refractivity contribution in [2.24, 2.45) is 5.92 Å². The molecule has 1 aliphatic heterocycles. The summed E-state index contributed by atoms with van der Waals surface area (Å²) in [4.78, 5) is 38.2. The number of esters is 3. The van der Waals surface area contributed by atoms with Gasteiger partial charge in [-0.05, 0) is 40.2 Å². The number of aryl methyl sites for hydroxylation is 1. The average molecular weight is 401 g/mol. The van der Waals surface area contributed by atoms with Gasteiger partial charge >= 0.3 is 17.9 Å². The molecule has 7 nitrogen and oxygen atoms in total. The highest BCUT2D eigenvalue weighted by atomic mass is 16.5. The molecule has 0 fully saturated rings. The molecule has 0 spiro atoms. The average Bonchev–Trinajstić information content (AvgIpc) is 2.65. The van der Waals surface area contributed by atoms with Crippen molar-refractivity contribution in [3.8, 4) is 0 Å². The molecule has 0 aliphatic carbocycles. The summed E-state index contributed by atoms with van der Waals surface area (Å²) in [5, 5.41) is 2.97. The topological polar surface area (TPSA) is 90.9 Å². The molecule has 0 radical (unpaired) electrons. The van der Waals surface area contributed by atoms with Crippen LogP contribution in [0.3, 0.4) is 0 Å². The Labute approximate surface area is 170 Å². The van der Waals surface area contributed by atoms with Crippen molar-refractivity contribution >= 4 is 17.9 Å². The van der Waals surface area contributed by atoms with E-state index in [4.69, 9.17) is 14.2 Å². The summed E-state index contributed by atoms with van der Waals surface area (Å²) in [6.45, 7) is 8.88. The predicted octanol–water partition coefficient (Wildman–Crippen LogP) is 2.93. The van der Waals surface area contributed by atoms with Crippen LogP contribution in [-0.4, -0.2) is 31.1 Å². The van der Waals surface area contributed by atoms with E-state index in [0.29, 0.717) is 11.4 Å². The minimum atomic E-state index is -1.22. The molecule has 1 aromatic carbocycles. The molecule has 1 heterocycles. The Morgan fingerprint density at radius 2 is 1.45 bits per heavy atom. The molecule has 0 saturated carbocycles. The van der Waals surface area contributed by atoms with Gasteiger partial charge in [0.25, 0.3) is 0 Å². The number of rotatable bonds is 7. The lowest BCUT2D eigenvalue weighted by Gasteiger charge is -2.28. The van der Waals surface area contributed by atoms with Crippen molar-refractivity contribution in [3.63, 3.8) is 0 Å². The van der Waals surface area contributed by atoms with Crippen molar-refractivity contribution in [3.05, 3.63) is 57.9 Å². The fourth-order valence-electron chi connectivity index (χ4n) is 3.23. The number of carbonyl (C=O) groups is 3. The Hall–Kier alpha value is -3.09. The lowest BCUT2D eigenvalue weighted by atomic mass is 9.85. The Bertz CT molecular complexity index is 828. The van der Waals surface area contributed by atoms with Crippen LogP contribution in [0.15, 0.2) is 46.8 Å². The zero-order valence-corrected chi connectivity index (χ0v) is 17.5. The number of allylic oxidation sites excluding steroid dienone is 2. The summed E-state index contributed by atoms with van der Waals surface area (Å²) < 4.78 is 15.7. The van der Waals surface area contributed by atoms with Gasteiger partial charge in [-0.15, -0.1) is 0 Å². The molecular weight excluding hydrogens is 374 g/mol. The highest BCUT2D eigenvalue weighted by molar-refractivity contribution is 6.05. The first-order valence-electron chi connectivity index (χ1n) is 9.55. The van der Waals surface area contributed by atoms with E-state index in [2.05, 4.69) is 5.32 Å². The SMILES string of the molecule is CCOC(=O)C1=C(C)NC(C)=C(C(=O)OCC)C1C(=O)OCc1cccc(C)c1. The number of carbonyl (C=O) groups excluding carboxylic acids is 3. The normalized spacial score (nSPS) is 14.4. The van der Waals surface area contributed by atoms with Gasteiger partial charge in [0.05, 0.1) is 24.4 Å². The Morgan fingerprint density at radius 1 is 0.897 bits per heavy atom. The summed E-state index contributed by atoms with van der Waals surface area (Å²) in [6.07, 6.45) is 0. The van der Waals surface area contributed by atoms with Crippen molar-refractivity contribution < 1.29 is 28.6 Å². The van der Waals surface area contributed by atoms with Crippen LogP contribution in [0.1, 0.15) is 38.8 Å². The maximum Gasteiger partial charge on any atom is 0.337 e. The number of ether oxygens (including phenoxy) is 3. The summed E-state index contributed by atoms with van der Waals surface area (Å²) >= 11 is 0. The van der Waals surface area contributed by atoms with Crippen molar-refractivity contribution in [2.45, 2.75) is 41.2 Å². The van der Waals surface area contributed by atoms with Crippen LogP contribution in [0.2, 0.25) is 0 Å². The molecule has 2 rings (SSSR count). The number of hydrogen-bond acceptors (Lipinski definition) is 7. The third kappa shape index (κ3) is 5.25. The minimum absolute atomic E-state index is 0.0226. The zero-order chi connectivity index (χ0) is 21.6. The van der Waals surface area contributed by atoms with Crippen LogP contribution in [0, 0.1) is 12.8 Å². The Kier molecular flexibility index (Phi) is 7.59. The van der Waals surface area contributed by atoms with Crippen molar-refractivity contribution in [1.29, 1.82) is 0 Å². The molecule has 0 aromatic heterocycles. The summed E-state index contributed by atoms with van der Waals surface area (Å²) in [6, 6.07) is 7.54. The monoisotopic (exact) mass is 401 g/mol. The standard InChI is InChI=1S/C22H27NO6/c1-6-27-20(24)17-14(4)23-15(5)18(21(25)28-7-2)19(17)22(26)29-12-16-10-8-9-13(3)11-16/h8-11,19,23H,6-7,12H2,1-5H3. The lowest BCUT2D eigenvalue weighted by Crippen LogP contribution is -2.38. The van der Waals surface area contributed by atoms with Gasteiger partial charge in [-0.1, -0.05) is 29.8 Å². The fraction of sp³-hybridized carbons (Fsp3) is 0.409. The van der Waals surface area contributed by atoms with E-state index in [1.54, 1.807) is 27.7 Å². The van der Waals surface area contributed by atoms with Crippen LogP contribution < -0.4 is 5.32 Å². The van der Waals surface area contributed by atoms with Gasteiger partial charge in [-0.25, -0.2) is 9.59 Å². The van der Waals surface area contributed by atoms with Crippen molar-refractivity contribution in [1.82, 2.24) is 5.32 Å². The Morgan fingerprint density at radius 3 is 1.93 bits per heavy atom. The molecule has 156 valence electrons. The van der Waals surface area contributed by atoms with E-state index >= 15 is 0 Å². The van der Waals surface area contributed by atoms with E-state index in [1.165, 1.54) is 0 Å². The molecule has 0 saturated heterocycles. The number of dihydropyridines is 1. The highest BCUT2D eigenvalue weighted by Gasteiger charge is 2.42. The minimum Gasteiger partial charge on any atom is -0.463 e. The molecule has 7 heteroatoms. The molecule has 0 atom stereocenters. The molecule has 0 amide bonds. The second-order valence-electron chi connectivity index (χ2n) is 6.67. The highest BCUT2D eigenvalue weighted by Crippen LogP contribution is 2.32. The number of nitrogens with one attached hydrogen (secondary N) is 1. The third-order valence-electron chi connectivity index (χ3n) is 4.45. The van der Waals surface area contributed by atoms with Gasteiger partial charge in [0.15, 0.2) is 0 Å². The van der Waals surface area contributed by atoms with Gasteiger partial charge in [0, 0.05) is 11.4 Å². The molecule has 1 N–H and O–H groups in total. The number of hydrogen-bond donors (Lipinski definition) is 1. The van der Waals surface area contributed by atoms with Gasteiger partial charge < -0.3 is 19.5 Å². The molecule has 0 bridgehead atoms. The largest absolute Gasteiger partial charge is 0.463 e. The Balaban J connectivity index is 2.39. The van der Waals surface area contributed by atoms with Gasteiger partial charge in [-0.2, -0.15) is 0 Å². The summed E-state index contributed by atoms with van der Waals surface area (Å²) in [7, 11) is 0. The summed E-state index contributed by atoms with van der Waals surface area (Å²) in [5.74, 6) is -3.29. The van der Waals surface area contributed by atoms with Crippen LogP contribution in [0.4, 0.5) is 0 Å². The van der Waals surface area contributed by atoms with Crippen LogP contribution in [0.5, 0.6) is 0 Å². The van der Waals surface area contributed by atoms with Crippen molar-refractivity contribution in [2.75, 3.05) is 13.2 Å². The lowest BCUT2D eigenvalue weighted by molar-refractivity contribution is -0.152. The van der Waals surface area contributed by atoms with Gasteiger partial charge in [-0.3, -0.25) is 4.79 Å². The van der Waals surface area contributed by atoms with E-state index in [0.717, 1.165) is 11.1 Å². The summed E-state index contributed by atoms with van der Waals surface area (Å²) in [5.41, 5.74) is 2.82. The maximum atomic E-state index is 13.1. The first-order chi connectivity index (χ1) is 13.8. The van der Waals surface area contributed by atoms with Gasteiger partial charge in [0.2, 0.25) is 0 Å². The second kappa shape index (κ2) is 9.91. The van der Waals surface area contributed by atoms with E-state index in [-0.39, 0.29) is 31.0 Å². The second-order valence-corrected chi connectivity index (χ2v) is 6.67.